The van der Waals surface area contributed by atoms with E-state index in [1.165, 1.54) is 34.4 Å². The van der Waals surface area contributed by atoms with Gasteiger partial charge in [-0.25, -0.2) is 8.78 Å². The molecule has 1 N–H and O–H groups in total. The molecule has 35 heavy (non-hydrogen) atoms. The van der Waals surface area contributed by atoms with Gasteiger partial charge in [-0.2, -0.15) is 0 Å². The number of aryl methyl sites for hydroxylation is 1. The Morgan fingerprint density at radius 2 is 1.91 bits per heavy atom. The molecule has 5 heteroatoms. The average molecular weight is 475 g/mol. The lowest BCUT2D eigenvalue weighted by molar-refractivity contribution is 0.346. The zero-order valence-electron chi connectivity index (χ0n) is 20.4. The lowest BCUT2D eigenvalue weighted by Crippen LogP contribution is -2.15. The number of hydrogen-bond acceptors (Lipinski definition) is 3. The largest absolute Gasteiger partial charge is 0.488 e. The van der Waals surface area contributed by atoms with E-state index in [0.29, 0.717) is 12.2 Å². The molecule has 3 nitrogen and oxygen atoms in total. The normalized spacial score (nSPS) is 14.3. The summed E-state index contributed by atoms with van der Waals surface area (Å²) >= 11 is 0. The van der Waals surface area contributed by atoms with Crippen molar-refractivity contribution in [2.24, 2.45) is 0 Å². The molecule has 0 bridgehead atoms. The number of rotatable bonds is 10. The summed E-state index contributed by atoms with van der Waals surface area (Å²) in [6.45, 7) is 3.42. The SMILES string of the molecule is CNCC[C@@H](Cc1ccc(C2=C(COc3cccnc3)CCC=C2)cc1C)c1cc(F)cc(F)c1. The van der Waals surface area contributed by atoms with E-state index in [-0.39, 0.29) is 5.92 Å². The standard InChI is InChI=1S/C30H32F2N2O/c1-21-14-24(30-8-4-3-6-25(30)20-35-29-7-5-12-34-19-29)10-9-22(21)15-23(11-13-33-2)26-16-27(31)18-28(32)17-26/h4-5,7-10,12,14,16-19,23,33H,3,6,11,13,15,20H2,1-2H3/t23-/m0/s1. The molecule has 3 aromatic rings. The number of pyridine rings is 1. The molecule has 1 aromatic heterocycles. The molecule has 1 aliphatic carbocycles. The zero-order valence-corrected chi connectivity index (χ0v) is 20.4. The number of nitrogens with zero attached hydrogens (tertiary/aromatic N) is 1. The first-order valence-electron chi connectivity index (χ1n) is 12.2. The van der Waals surface area contributed by atoms with Gasteiger partial charge in [0.05, 0.1) is 6.20 Å². The van der Waals surface area contributed by atoms with Gasteiger partial charge in [0, 0.05) is 12.3 Å². The maximum absolute atomic E-state index is 13.9. The molecule has 4 rings (SSSR count). The van der Waals surface area contributed by atoms with Crippen LogP contribution in [-0.2, 0) is 6.42 Å². The first-order valence-corrected chi connectivity index (χ1v) is 12.2. The second-order valence-corrected chi connectivity index (χ2v) is 9.07. The van der Waals surface area contributed by atoms with Crippen molar-refractivity contribution in [3.63, 3.8) is 0 Å². The lowest BCUT2D eigenvalue weighted by Gasteiger charge is -2.21. The maximum Gasteiger partial charge on any atom is 0.138 e. The van der Waals surface area contributed by atoms with Crippen LogP contribution < -0.4 is 10.1 Å². The monoisotopic (exact) mass is 474 g/mol. The van der Waals surface area contributed by atoms with Gasteiger partial charge >= 0.3 is 0 Å². The minimum absolute atomic E-state index is 0.0226. The van der Waals surface area contributed by atoms with Crippen molar-refractivity contribution in [1.29, 1.82) is 0 Å². The van der Waals surface area contributed by atoms with Crippen LogP contribution in [0.1, 0.15) is 47.4 Å². The van der Waals surface area contributed by atoms with Crippen LogP contribution in [0.25, 0.3) is 5.57 Å². The zero-order chi connectivity index (χ0) is 24.6. The number of halogens is 2. The number of benzene rings is 2. The first-order chi connectivity index (χ1) is 17.0. The molecule has 0 fully saturated rings. The van der Waals surface area contributed by atoms with Crippen LogP contribution in [0, 0.1) is 18.6 Å². The van der Waals surface area contributed by atoms with E-state index in [1.54, 1.807) is 12.4 Å². The van der Waals surface area contributed by atoms with Crippen LogP contribution in [0.2, 0.25) is 0 Å². The summed E-state index contributed by atoms with van der Waals surface area (Å²) in [5, 5.41) is 3.16. The van der Waals surface area contributed by atoms with Crippen LogP contribution in [0.3, 0.4) is 0 Å². The molecule has 0 amide bonds. The van der Waals surface area contributed by atoms with Crippen molar-refractivity contribution in [2.75, 3.05) is 20.2 Å². The van der Waals surface area contributed by atoms with E-state index in [1.807, 2.05) is 19.2 Å². The predicted molar refractivity (Wildman–Crippen MR) is 138 cm³/mol. The molecular weight excluding hydrogens is 442 g/mol. The molecule has 0 aliphatic heterocycles. The van der Waals surface area contributed by atoms with Crippen LogP contribution in [-0.4, -0.2) is 25.2 Å². The van der Waals surface area contributed by atoms with E-state index in [4.69, 9.17) is 4.74 Å². The van der Waals surface area contributed by atoms with Crippen molar-refractivity contribution in [2.45, 2.75) is 38.5 Å². The fourth-order valence-corrected chi connectivity index (χ4v) is 4.64. The van der Waals surface area contributed by atoms with Crippen LogP contribution in [0.5, 0.6) is 5.75 Å². The smallest absolute Gasteiger partial charge is 0.138 e. The second kappa shape index (κ2) is 11.9. The highest BCUT2D eigenvalue weighted by atomic mass is 19.1. The Labute approximate surface area is 206 Å². The third kappa shape index (κ3) is 6.64. The van der Waals surface area contributed by atoms with Crippen molar-refractivity contribution < 1.29 is 13.5 Å². The summed E-state index contributed by atoms with van der Waals surface area (Å²) in [7, 11) is 1.89. The van der Waals surface area contributed by atoms with E-state index >= 15 is 0 Å². The summed E-state index contributed by atoms with van der Waals surface area (Å²) in [6, 6.07) is 14.2. The Balaban J connectivity index is 1.56. The molecule has 0 saturated heterocycles. The summed E-state index contributed by atoms with van der Waals surface area (Å²) in [5.74, 6) is -0.270. The maximum atomic E-state index is 13.9. The van der Waals surface area contributed by atoms with E-state index in [2.05, 4.69) is 47.6 Å². The molecule has 0 unspecified atom stereocenters. The van der Waals surface area contributed by atoms with Crippen molar-refractivity contribution >= 4 is 5.57 Å². The molecule has 182 valence electrons. The van der Waals surface area contributed by atoms with Gasteiger partial charge in [-0.15, -0.1) is 0 Å². The highest BCUT2D eigenvalue weighted by molar-refractivity contribution is 5.78. The number of nitrogens with one attached hydrogen (secondary N) is 1. The first kappa shape index (κ1) is 24.8. The van der Waals surface area contributed by atoms with Gasteiger partial charge in [-0.1, -0.05) is 30.4 Å². The Morgan fingerprint density at radius 3 is 2.63 bits per heavy atom. The molecule has 0 saturated carbocycles. The molecular formula is C30H32F2N2O. The van der Waals surface area contributed by atoms with E-state index < -0.39 is 11.6 Å². The fraction of sp³-hybridized carbons (Fsp3) is 0.300. The number of aromatic nitrogens is 1. The van der Waals surface area contributed by atoms with E-state index in [0.717, 1.165) is 49.6 Å². The predicted octanol–water partition coefficient (Wildman–Crippen LogP) is 6.79. The van der Waals surface area contributed by atoms with Gasteiger partial charge in [0.15, 0.2) is 0 Å². The Morgan fingerprint density at radius 1 is 1.09 bits per heavy atom. The van der Waals surface area contributed by atoms with Crippen molar-refractivity contribution in [1.82, 2.24) is 10.3 Å². The molecule has 1 aliphatic rings. The highest BCUT2D eigenvalue weighted by Crippen LogP contribution is 2.32. The van der Waals surface area contributed by atoms with Crippen LogP contribution >= 0.6 is 0 Å². The van der Waals surface area contributed by atoms with Gasteiger partial charge in [-0.3, -0.25) is 4.98 Å². The third-order valence-corrected chi connectivity index (χ3v) is 6.54. The number of allylic oxidation sites excluding steroid dienone is 3. The number of ether oxygens (including phenoxy) is 1. The summed E-state index contributed by atoms with van der Waals surface area (Å²) < 4.78 is 33.8. The molecule has 0 radical (unpaired) electrons. The molecule has 1 atom stereocenters. The topological polar surface area (TPSA) is 34.1 Å². The Hall–Kier alpha value is -3.31. The Bertz CT molecular complexity index is 1180. The van der Waals surface area contributed by atoms with Gasteiger partial charge < -0.3 is 10.1 Å². The molecule has 0 spiro atoms. The van der Waals surface area contributed by atoms with Gasteiger partial charge in [0.1, 0.15) is 24.0 Å². The van der Waals surface area contributed by atoms with Crippen molar-refractivity contribution in [3.05, 3.63) is 113 Å². The third-order valence-electron chi connectivity index (χ3n) is 6.54. The molecule has 1 heterocycles. The highest BCUT2D eigenvalue weighted by Gasteiger charge is 2.17. The second-order valence-electron chi connectivity index (χ2n) is 9.07. The minimum Gasteiger partial charge on any atom is -0.488 e. The van der Waals surface area contributed by atoms with Crippen molar-refractivity contribution in [3.8, 4) is 5.75 Å². The van der Waals surface area contributed by atoms with Gasteiger partial charge in [-0.05, 0) is 110 Å². The summed E-state index contributed by atoms with van der Waals surface area (Å²) in [6.07, 6.45) is 11.3. The number of hydrogen-bond donors (Lipinski definition) is 1. The van der Waals surface area contributed by atoms with Gasteiger partial charge in [0.2, 0.25) is 0 Å². The minimum atomic E-state index is -0.529. The lowest BCUT2D eigenvalue weighted by atomic mass is 9.86. The van der Waals surface area contributed by atoms with E-state index in [9.17, 15) is 8.78 Å². The summed E-state index contributed by atoms with van der Waals surface area (Å²) in [4.78, 5) is 4.12. The van der Waals surface area contributed by atoms with Crippen LogP contribution in [0.4, 0.5) is 8.78 Å². The average Bonchev–Trinajstić information content (AvgIpc) is 2.86. The Kier molecular flexibility index (Phi) is 8.43. The quantitative estimate of drug-likeness (QED) is 0.351. The molecule has 2 aromatic carbocycles. The summed E-state index contributed by atoms with van der Waals surface area (Å²) in [5.41, 5.74) is 6.70. The van der Waals surface area contributed by atoms with Crippen LogP contribution in [0.15, 0.2) is 78.6 Å². The fourth-order valence-electron chi connectivity index (χ4n) is 4.64. The van der Waals surface area contributed by atoms with Gasteiger partial charge in [0.25, 0.3) is 0 Å².